The lowest BCUT2D eigenvalue weighted by atomic mass is 10.3. The molecule has 8 heteroatoms. The van der Waals surface area contributed by atoms with Crippen LogP contribution in [0.15, 0.2) is 24.3 Å². The molecule has 0 unspecified atom stereocenters. The highest BCUT2D eigenvalue weighted by Crippen LogP contribution is 2.21. The molecule has 0 saturated heterocycles. The van der Waals surface area contributed by atoms with E-state index in [0.717, 1.165) is 0 Å². The van der Waals surface area contributed by atoms with Crippen molar-refractivity contribution >= 4 is 34.8 Å². The van der Waals surface area contributed by atoms with Gasteiger partial charge in [0.1, 0.15) is 22.2 Å². The number of nitrogens with zero attached hydrogens (tertiary/aromatic N) is 1. The van der Waals surface area contributed by atoms with E-state index in [0.29, 0.717) is 26.4 Å². The van der Waals surface area contributed by atoms with Gasteiger partial charge in [0.05, 0.1) is 12.1 Å². The zero-order chi connectivity index (χ0) is 16.8. The first-order valence-electron chi connectivity index (χ1n) is 6.80. The Morgan fingerprint density at radius 3 is 2.70 bits per heavy atom. The molecule has 2 rings (SSSR count). The van der Waals surface area contributed by atoms with Crippen LogP contribution < -0.4 is 10.1 Å². The van der Waals surface area contributed by atoms with E-state index in [4.69, 9.17) is 21.4 Å². The summed E-state index contributed by atoms with van der Waals surface area (Å²) in [6.07, 6.45) is -0.115. The van der Waals surface area contributed by atoms with Crippen molar-refractivity contribution in [2.24, 2.45) is 0 Å². The molecule has 23 heavy (non-hydrogen) atoms. The van der Waals surface area contributed by atoms with Crippen LogP contribution in [0.5, 0.6) is 5.75 Å². The Hall–Kier alpha value is -2.12. The number of aromatic nitrogens is 1. The first-order valence-corrected chi connectivity index (χ1v) is 8.00. The molecule has 0 fully saturated rings. The SMILES string of the molecule is Cc1nc(COc2ccc(Cl)cc2)sc1C(=O)NCCC(=O)O. The molecule has 2 aromatic rings. The van der Waals surface area contributed by atoms with Crippen molar-refractivity contribution in [2.75, 3.05) is 6.54 Å². The summed E-state index contributed by atoms with van der Waals surface area (Å²) in [6, 6.07) is 6.96. The van der Waals surface area contributed by atoms with Gasteiger partial charge in [0.15, 0.2) is 0 Å². The molecule has 0 atom stereocenters. The first-order chi connectivity index (χ1) is 11.0. The number of carbonyl (C=O) groups is 2. The van der Waals surface area contributed by atoms with Crippen molar-refractivity contribution in [1.29, 1.82) is 0 Å². The number of hydrogen-bond acceptors (Lipinski definition) is 5. The number of nitrogens with one attached hydrogen (secondary N) is 1. The number of benzene rings is 1. The monoisotopic (exact) mass is 354 g/mol. The van der Waals surface area contributed by atoms with Gasteiger partial charge in [-0.15, -0.1) is 11.3 Å². The number of carboxylic acids is 1. The van der Waals surface area contributed by atoms with Crippen molar-refractivity contribution in [3.8, 4) is 5.75 Å². The lowest BCUT2D eigenvalue weighted by Gasteiger charge is -2.03. The van der Waals surface area contributed by atoms with Crippen molar-refractivity contribution in [3.05, 3.63) is 44.9 Å². The number of carbonyl (C=O) groups excluding carboxylic acids is 1. The van der Waals surface area contributed by atoms with Crippen LogP contribution in [0.4, 0.5) is 0 Å². The molecule has 0 radical (unpaired) electrons. The van der Waals surface area contributed by atoms with E-state index in [1.807, 2.05) is 0 Å². The minimum Gasteiger partial charge on any atom is -0.486 e. The summed E-state index contributed by atoms with van der Waals surface area (Å²) in [5, 5.41) is 12.4. The van der Waals surface area contributed by atoms with Crippen molar-refractivity contribution in [2.45, 2.75) is 20.0 Å². The van der Waals surface area contributed by atoms with E-state index in [2.05, 4.69) is 10.3 Å². The van der Waals surface area contributed by atoms with Gasteiger partial charge in [0, 0.05) is 11.6 Å². The fourth-order valence-electron chi connectivity index (χ4n) is 1.76. The Morgan fingerprint density at radius 1 is 1.35 bits per heavy atom. The number of amides is 1. The zero-order valence-corrected chi connectivity index (χ0v) is 13.9. The van der Waals surface area contributed by atoms with Crippen LogP contribution >= 0.6 is 22.9 Å². The molecule has 6 nitrogen and oxygen atoms in total. The van der Waals surface area contributed by atoms with Gasteiger partial charge in [-0.2, -0.15) is 0 Å². The summed E-state index contributed by atoms with van der Waals surface area (Å²) in [5.41, 5.74) is 0.595. The smallest absolute Gasteiger partial charge is 0.305 e. The van der Waals surface area contributed by atoms with Crippen molar-refractivity contribution in [1.82, 2.24) is 10.3 Å². The highest BCUT2D eigenvalue weighted by molar-refractivity contribution is 7.13. The van der Waals surface area contributed by atoms with E-state index in [9.17, 15) is 9.59 Å². The second-order valence-corrected chi connectivity index (χ2v) is 6.18. The number of hydrogen-bond donors (Lipinski definition) is 2. The summed E-state index contributed by atoms with van der Waals surface area (Å²) in [5.74, 6) is -0.614. The number of aryl methyl sites for hydroxylation is 1. The Morgan fingerprint density at radius 2 is 2.04 bits per heavy atom. The molecule has 1 heterocycles. The predicted molar refractivity (Wildman–Crippen MR) is 87.2 cm³/mol. The summed E-state index contributed by atoms with van der Waals surface area (Å²) in [4.78, 5) is 27.2. The van der Waals surface area contributed by atoms with Gasteiger partial charge in [0.25, 0.3) is 5.91 Å². The lowest BCUT2D eigenvalue weighted by molar-refractivity contribution is -0.136. The Balaban J connectivity index is 1.93. The fourth-order valence-corrected chi connectivity index (χ4v) is 2.78. The molecule has 2 N–H and O–H groups in total. The van der Waals surface area contributed by atoms with Crippen molar-refractivity contribution < 1.29 is 19.4 Å². The quantitative estimate of drug-likeness (QED) is 0.798. The minimum atomic E-state index is -0.955. The summed E-state index contributed by atoms with van der Waals surface area (Å²) >= 11 is 7.03. The highest BCUT2D eigenvalue weighted by atomic mass is 35.5. The molecule has 0 saturated carbocycles. The van der Waals surface area contributed by atoms with Gasteiger partial charge in [-0.3, -0.25) is 9.59 Å². The number of rotatable bonds is 7. The Kier molecular flexibility index (Phi) is 5.95. The van der Waals surface area contributed by atoms with E-state index in [1.54, 1.807) is 31.2 Å². The van der Waals surface area contributed by atoms with Crippen LogP contribution in [-0.2, 0) is 11.4 Å². The second-order valence-electron chi connectivity index (χ2n) is 4.66. The van der Waals surface area contributed by atoms with Crippen molar-refractivity contribution in [3.63, 3.8) is 0 Å². The van der Waals surface area contributed by atoms with E-state index in [-0.39, 0.29) is 25.5 Å². The third kappa shape index (κ3) is 5.22. The van der Waals surface area contributed by atoms with Gasteiger partial charge >= 0.3 is 5.97 Å². The summed E-state index contributed by atoms with van der Waals surface area (Å²) in [7, 11) is 0. The standard InChI is InChI=1S/C15H15ClN2O4S/c1-9-14(15(21)17-7-6-13(19)20)23-12(18-9)8-22-11-4-2-10(16)3-5-11/h2-5H,6-8H2,1H3,(H,17,21)(H,19,20). The molecular formula is C15H15ClN2O4S. The van der Waals surface area contributed by atoms with Gasteiger partial charge in [0.2, 0.25) is 0 Å². The maximum atomic E-state index is 12.0. The zero-order valence-electron chi connectivity index (χ0n) is 12.3. The van der Waals surface area contributed by atoms with E-state index < -0.39 is 5.97 Å². The molecule has 1 amide bonds. The largest absolute Gasteiger partial charge is 0.486 e. The molecule has 0 bridgehead atoms. The average molecular weight is 355 g/mol. The maximum Gasteiger partial charge on any atom is 0.305 e. The maximum absolute atomic E-state index is 12.0. The number of ether oxygens (including phenoxy) is 1. The average Bonchev–Trinajstić information content (AvgIpc) is 2.87. The van der Waals surface area contributed by atoms with Crippen LogP contribution in [0.1, 0.15) is 26.8 Å². The molecular weight excluding hydrogens is 340 g/mol. The van der Waals surface area contributed by atoms with Gasteiger partial charge in [-0.05, 0) is 31.2 Å². The highest BCUT2D eigenvalue weighted by Gasteiger charge is 2.15. The third-order valence-corrected chi connectivity index (χ3v) is 4.23. The normalized spacial score (nSPS) is 10.3. The van der Waals surface area contributed by atoms with Crippen LogP contribution in [0.3, 0.4) is 0 Å². The van der Waals surface area contributed by atoms with Crippen LogP contribution in [0, 0.1) is 6.92 Å². The molecule has 1 aromatic carbocycles. The predicted octanol–water partition coefficient (Wildman–Crippen LogP) is 2.89. The molecule has 0 aliphatic carbocycles. The van der Waals surface area contributed by atoms with Gasteiger partial charge in [-0.25, -0.2) is 4.98 Å². The summed E-state index contributed by atoms with van der Waals surface area (Å²) < 4.78 is 5.59. The van der Waals surface area contributed by atoms with Crippen LogP contribution in [-0.4, -0.2) is 28.5 Å². The summed E-state index contributed by atoms with van der Waals surface area (Å²) in [6.45, 7) is 2.06. The number of thiazole rings is 1. The molecule has 122 valence electrons. The number of aliphatic carboxylic acids is 1. The number of carboxylic acid groups (broad SMARTS) is 1. The van der Waals surface area contributed by atoms with Gasteiger partial charge < -0.3 is 15.2 Å². The Bertz CT molecular complexity index is 700. The van der Waals surface area contributed by atoms with Crippen LogP contribution in [0.2, 0.25) is 5.02 Å². The topological polar surface area (TPSA) is 88.5 Å². The second kappa shape index (κ2) is 7.94. The molecule has 0 aliphatic heterocycles. The Labute approximate surface area is 142 Å². The first kappa shape index (κ1) is 17.2. The van der Waals surface area contributed by atoms with E-state index in [1.165, 1.54) is 11.3 Å². The fraction of sp³-hybridized carbons (Fsp3) is 0.267. The molecule has 0 spiro atoms. The van der Waals surface area contributed by atoms with Gasteiger partial charge in [-0.1, -0.05) is 11.6 Å². The lowest BCUT2D eigenvalue weighted by Crippen LogP contribution is -2.25. The van der Waals surface area contributed by atoms with E-state index >= 15 is 0 Å². The molecule has 1 aromatic heterocycles. The third-order valence-electron chi connectivity index (χ3n) is 2.85. The minimum absolute atomic E-state index is 0.0854. The van der Waals surface area contributed by atoms with Crippen LogP contribution in [0.25, 0.3) is 0 Å². The number of halogens is 1. The molecule has 0 aliphatic rings.